The largest absolute Gasteiger partial charge is 0.466 e. The Balaban J connectivity index is 1.67. The number of benzene rings is 1. The van der Waals surface area contributed by atoms with Gasteiger partial charge in [-0.2, -0.15) is 0 Å². The fourth-order valence-electron chi connectivity index (χ4n) is 4.82. The van der Waals surface area contributed by atoms with Crippen molar-refractivity contribution in [2.45, 2.75) is 18.4 Å². The van der Waals surface area contributed by atoms with Crippen LogP contribution in [-0.2, 0) is 26.2 Å². The lowest BCUT2D eigenvalue weighted by molar-refractivity contribution is -0.137. The molecule has 1 saturated heterocycles. The molecule has 1 spiro atoms. The number of carbonyl (C=O) groups excluding carboxylic acids is 1. The van der Waals surface area contributed by atoms with E-state index in [9.17, 15) is 4.79 Å². The van der Waals surface area contributed by atoms with Crippen molar-refractivity contribution >= 4 is 11.8 Å². The van der Waals surface area contributed by atoms with Gasteiger partial charge in [-0.25, -0.2) is 9.79 Å². The van der Waals surface area contributed by atoms with E-state index in [4.69, 9.17) is 14.5 Å². The summed E-state index contributed by atoms with van der Waals surface area (Å²) < 4.78 is 10.8. The Morgan fingerprint density at radius 3 is 2.77 bits per heavy atom. The van der Waals surface area contributed by atoms with Gasteiger partial charge in [0.2, 0.25) is 0 Å². The van der Waals surface area contributed by atoms with Crippen LogP contribution in [-0.4, -0.2) is 61.6 Å². The van der Waals surface area contributed by atoms with E-state index in [0.717, 1.165) is 42.9 Å². The second-order valence-corrected chi connectivity index (χ2v) is 8.05. The summed E-state index contributed by atoms with van der Waals surface area (Å²) >= 11 is 0. The van der Waals surface area contributed by atoms with Crippen LogP contribution in [0.15, 0.2) is 64.9 Å². The maximum absolute atomic E-state index is 13.2. The number of morpholine rings is 1. The SMILES string of the molecule is COC(=O)C1=C(CN2CCOCC2)NC(c2ccccn2)=NC12CCc1ccccc12. The highest BCUT2D eigenvalue weighted by atomic mass is 16.5. The van der Waals surface area contributed by atoms with Crippen molar-refractivity contribution in [2.75, 3.05) is 40.0 Å². The van der Waals surface area contributed by atoms with Crippen molar-refractivity contribution in [1.82, 2.24) is 15.2 Å². The number of hydrogen-bond donors (Lipinski definition) is 1. The van der Waals surface area contributed by atoms with Gasteiger partial charge < -0.3 is 14.8 Å². The molecular weight excluding hydrogens is 392 g/mol. The molecule has 3 heterocycles. The summed E-state index contributed by atoms with van der Waals surface area (Å²) in [6.07, 6.45) is 3.35. The number of fused-ring (bicyclic) bond motifs is 2. The fraction of sp³-hybridized carbons (Fsp3) is 0.375. The molecule has 7 heteroatoms. The third-order valence-electron chi connectivity index (χ3n) is 6.29. The Kier molecular flexibility index (Phi) is 5.29. The lowest BCUT2D eigenvalue weighted by Gasteiger charge is -2.37. The molecule has 0 bridgehead atoms. The van der Waals surface area contributed by atoms with Crippen molar-refractivity contribution in [3.63, 3.8) is 0 Å². The Morgan fingerprint density at radius 2 is 2.00 bits per heavy atom. The van der Waals surface area contributed by atoms with Gasteiger partial charge in [0, 0.05) is 31.5 Å². The molecule has 3 aliphatic rings. The lowest BCUT2D eigenvalue weighted by Crippen LogP contribution is -2.47. The molecule has 7 nitrogen and oxygen atoms in total. The monoisotopic (exact) mass is 418 g/mol. The zero-order valence-corrected chi connectivity index (χ0v) is 17.6. The predicted molar refractivity (Wildman–Crippen MR) is 117 cm³/mol. The van der Waals surface area contributed by atoms with Crippen LogP contribution in [0.1, 0.15) is 23.2 Å². The molecule has 1 atom stereocenters. The lowest BCUT2D eigenvalue weighted by atomic mass is 9.81. The third-order valence-corrected chi connectivity index (χ3v) is 6.29. The van der Waals surface area contributed by atoms with Crippen LogP contribution >= 0.6 is 0 Å². The van der Waals surface area contributed by atoms with Gasteiger partial charge in [0.25, 0.3) is 0 Å². The number of nitrogens with one attached hydrogen (secondary N) is 1. The maximum atomic E-state index is 13.2. The molecule has 1 fully saturated rings. The van der Waals surface area contributed by atoms with E-state index in [-0.39, 0.29) is 5.97 Å². The Hall–Kier alpha value is -3.03. The van der Waals surface area contributed by atoms with Crippen LogP contribution in [0.5, 0.6) is 0 Å². The molecule has 0 amide bonds. The molecule has 31 heavy (non-hydrogen) atoms. The smallest absolute Gasteiger partial charge is 0.338 e. The first-order valence-electron chi connectivity index (χ1n) is 10.7. The van der Waals surface area contributed by atoms with Crippen LogP contribution in [0, 0.1) is 0 Å². The molecule has 2 aliphatic heterocycles. The Bertz CT molecular complexity index is 1040. The number of rotatable bonds is 4. The summed E-state index contributed by atoms with van der Waals surface area (Å²) in [5.41, 5.74) is 3.72. The van der Waals surface area contributed by atoms with Crippen molar-refractivity contribution in [1.29, 1.82) is 0 Å². The highest BCUT2D eigenvalue weighted by molar-refractivity contribution is 6.03. The molecule has 1 aromatic carbocycles. The number of esters is 1. The Labute approximate surface area is 181 Å². The molecule has 1 N–H and O–H groups in total. The predicted octanol–water partition coefficient (Wildman–Crippen LogP) is 2.03. The van der Waals surface area contributed by atoms with Crippen LogP contribution in [0.2, 0.25) is 0 Å². The molecule has 0 radical (unpaired) electrons. The van der Waals surface area contributed by atoms with Gasteiger partial charge in [-0.05, 0) is 36.1 Å². The van der Waals surface area contributed by atoms with E-state index in [0.29, 0.717) is 31.2 Å². The molecular formula is C24H26N4O3. The maximum Gasteiger partial charge on any atom is 0.338 e. The van der Waals surface area contributed by atoms with Crippen LogP contribution in [0.3, 0.4) is 0 Å². The second-order valence-electron chi connectivity index (χ2n) is 8.05. The first-order chi connectivity index (χ1) is 15.2. The minimum Gasteiger partial charge on any atom is -0.466 e. The minimum absolute atomic E-state index is 0.337. The molecule has 0 saturated carbocycles. The quantitative estimate of drug-likeness (QED) is 0.766. The average Bonchev–Trinajstić information content (AvgIpc) is 3.18. The third kappa shape index (κ3) is 3.54. The normalized spacial score (nSPS) is 23.3. The molecule has 160 valence electrons. The number of aliphatic imine (C=N–C) groups is 1. The molecule has 5 rings (SSSR count). The summed E-state index contributed by atoms with van der Waals surface area (Å²) in [6.45, 7) is 3.62. The topological polar surface area (TPSA) is 76.0 Å². The number of amidine groups is 1. The van der Waals surface area contributed by atoms with Crippen LogP contribution < -0.4 is 5.32 Å². The van der Waals surface area contributed by atoms with E-state index in [1.165, 1.54) is 12.7 Å². The van der Waals surface area contributed by atoms with Crippen molar-refractivity contribution in [3.8, 4) is 0 Å². The molecule has 1 aliphatic carbocycles. The summed E-state index contributed by atoms with van der Waals surface area (Å²) in [4.78, 5) is 25.2. The number of aromatic nitrogens is 1. The highest BCUT2D eigenvalue weighted by Gasteiger charge is 2.49. The van der Waals surface area contributed by atoms with Gasteiger partial charge in [-0.3, -0.25) is 9.88 Å². The molecule has 1 unspecified atom stereocenters. The number of ether oxygens (including phenoxy) is 2. The first kappa shape index (κ1) is 19.9. The number of nitrogens with zero attached hydrogens (tertiary/aromatic N) is 3. The van der Waals surface area contributed by atoms with Gasteiger partial charge in [0.1, 0.15) is 11.2 Å². The number of methoxy groups -OCH3 is 1. The second kappa shape index (κ2) is 8.24. The van der Waals surface area contributed by atoms with Gasteiger partial charge >= 0.3 is 5.97 Å². The van der Waals surface area contributed by atoms with E-state index in [2.05, 4.69) is 27.3 Å². The molecule has 1 aromatic heterocycles. The van der Waals surface area contributed by atoms with Crippen LogP contribution in [0.4, 0.5) is 0 Å². The number of carbonyl (C=O) groups is 1. The zero-order valence-electron chi connectivity index (χ0n) is 17.6. The van der Waals surface area contributed by atoms with Crippen LogP contribution in [0.25, 0.3) is 0 Å². The first-order valence-corrected chi connectivity index (χ1v) is 10.7. The van der Waals surface area contributed by atoms with E-state index >= 15 is 0 Å². The summed E-state index contributed by atoms with van der Waals surface area (Å²) in [7, 11) is 1.44. The van der Waals surface area contributed by atoms with Gasteiger partial charge in [0.15, 0.2) is 5.84 Å². The average molecular weight is 418 g/mol. The standard InChI is InChI=1S/C24H26N4O3/c1-30-23(29)21-20(16-28-12-14-31-15-13-28)26-22(19-8-4-5-11-25-19)27-24(21)10-9-17-6-2-3-7-18(17)24/h2-8,11H,9-10,12-16H2,1H3,(H,26,27). The highest BCUT2D eigenvalue weighted by Crippen LogP contribution is 2.48. The van der Waals surface area contributed by atoms with E-state index < -0.39 is 5.54 Å². The van der Waals surface area contributed by atoms with Gasteiger partial charge in [-0.15, -0.1) is 0 Å². The van der Waals surface area contributed by atoms with Gasteiger partial charge in [0.05, 0.1) is 25.9 Å². The zero-order chi connectivity index (χ0) is 21.3. The minimum atomic E-state index is -0.774. The Morgan fingerprint density at radius 1 is 1.19 bits per heavy atom. The molecule has 2 aromatic rings. The van der Waals surface area contributed by atoms with Crippen molar-refractivity contribution in [3.05, 3.63) is 76.8 Å². The van der Waals surface area contributed by atoms with Crippen molar-refractivity contribution in [2.24, 2.45) is 4.99 Å². The fourth-order valence-corrected chi connectivity index (χ4v) is 4.82. The van der Waals surface area contributed by atoms with Gasteiger partial charge in [-0.1, -0.05) is 30.3 Å². The number of aryl methyl sites for hydroxylation is 1. The van der Waals surface area contributed by atoms with E-state index in [1.54, 1.807) is 6.20 Å². The summed E-state index contributed by atoms with van der Waals surface area (Å²) in [6, 6.07) is 14.0. The summed E-state index contributed by atoms with van der Waals surface area (Å²) in [5, 5.41) is 3.45. The van der Waals surface area contributed by atoms with E-state index in [1.807, 2.05) is 30.3 Å². The van der Waals surface area contributed by atoms with Crippen molar-refractivity contribution < 1.29 is 14.3 Å². The number of pyridine rings is 1. The summed E-state index contributed by atoms with van der Waals surface area (Å²) in [5.74, 6) is 0.351. The number of hydrogen-bond acceptors (Lipinski definition) is 7.